The third-order valence-corrected chi connectivity index (χ3v) is 4.48. The average Bonchev–Trinajstić information content (AvgIpc) is 3.13. The van der Waals surface area contributed by atoms with Crippen molar-refractivity contribution >= 4 is 22.6 Å². The van der Waals surface area contributed by atoms with Crippen molar-refractivity contribution in [3.05, 3.63) is 77.9 Å². The molecule has 4 rings (SSSR count). The fraction of sp³-hybridized carbons (Fsp3) is 0.0909. The Kier molecular flexibility index (Phi) is 4.34. The second-order valence-corrected chi connectivity index (χ2v) is 6.32. The highest BCUT2D eigenvalue weighted by Crippen LogP contribution is 2.23. The van der Waals surface area contributed by atoms with E-state index in [1.807, 2.05) is 61.5 Å². The van der Waals surface area contributed by atoms with Crippen LogP contribution in [0, 0.1) is 6.92 Å². The fourth-order valence-corrected chi connectivity index (χ4v) is 2.97. The number of para-hydroxylation sites is 2. The zero-order valence-corrected chi connectivity index (χ0v) is 15.1. The number of aromatic amines is 1. The van der Waals surface area contributed by atoms with E-state index >= 15 is 0 Å². The number of benzene rings is 3. The molecule has 0 aliphatic carbocycles. The minimum atomic E-state index is -0.176. The molecule has 1 aromatic heterocycles. The lowest BCUT2D eigenvalue weighted by molar-refractivity contribution is 0.102. The number of imidazole rings is 1. The number of methoxy groups -OCH3 is 1. The Balaban J connectivity index is 1.53. The monoisotopic (exact) mass is 357 g/mol. The quantitative estimate of drug-likeness (QED) is 0.551. The van der Waals surface area contributed by atoms with Crippen LogP contribution >= 0.6 is 0 Å². The Bertz CT molecular complexity index is 1080. The van der Waals surface area contributed by atoms with Gasteiger partial charge < -0.3 is 15.0 Å². The summed E-state index contributed by atoms with van der Waals surface area (Å²) in [6, 6.07) is 20.9. The van der Waals surface area contributed by atoms with Crippen LogP contribution in [0.25, 0.3) is 22.4 Å². The maximum Gasteiger partial charge on any atom is 0.255 e. The van der Waals surface area contributed by atoms with Gasteiger partial charge in [0.2, 0.25) is 0 Å². The van der Waals surface area contributed by atoms with Crippen LogP contribution in [0.1, 0.15) is 15.9 Å². The van der Waals surface area contributed by atoms with Gasteiger partial charge in [-0.25, -0.2) is 4.98 Å². The van der Waals surface area contributed by atoms with Crippen LogP contribution in [0.3, 0.4) is 0 Å². The summed E-state index contributed by atoms with van der Waals surface area (Å²) in [5, 5.41) is 2.91. The molecule has 0 radical (unpaired) electrons. The fourth-order valence-electron chi connectivity index (χ4n) is 2.97. The van der Waals surface area contributed by atoms with Crippen LogP contribution in [0.15, 0.2) is 66.7 Å². The minimum absolute atomic E-state index is 0.176. The van der Waals surface area contributed by atoms with E-state index in [4.69, 9.17) is 4.74 Å². The standard InChI is InChI=1S/C22H19N3O2/c1-14-7-8-16(13-20(14)27-2)22(26)23-17-11-9-15(10-12-17)21-24-18-5-3-4-6-19(18)25-21/h3-13H,1-2H3,(H,23,26)(H,24,25). The predicted molar refractivity (Wildman–Crippen MR) is 107 cm³/mol. The van der Waals surface area contributed by atoms with Crippen molar-refractivity contribution in [3.63, 3.8) is 0 Å². The number of H-pyrrole nitrogens is 1. The maximum absolute atomic E-state index is 12.5. The van der Waals surface area contributed by atoms with Crippen LogP contribution in [0.4, 0.5) is 5.69 Å². The van der Waals surface area contributed by atoms with Crippen LogP contribution in [-0.4, -0.2) is 23.0 Å². The van der Waals surface area contributed by atoms with Crippen molar-refractivity contribution in [2.75, 3.05) is 12.4 Å². The van der Waals surface area contributed by atoms with Crippen molar-refractivity contribution in [2.24, 2.45) is 0 Å². The summed E-state index contributed by atoms with van der Waals surface area (Å²) in [4.78, 5) is 20.4. The van der Waals surface area contributed by atoms with E-state index < -0.39 is 0 Å². The molecule has 0 aliphatic heterocycles. The van der Waals surface area contributed by atoms with Gasteiger partial charge in [-0.15, -0.1) is 0 Å². The summed E-state index contributed by atoms with van der Waals surface area (Å²) >= 11 is 0. The van der Waals surface area contributed by atoms with Gasteiger partial charge in [0, 0.05) is 16.8 Å². The molecule has 5 nitrogen and oxygen atoms in total. The van der Waals surface area contributed by atoms with Gasteiger partial charge in [0.1, 0.15) is 11.6 Å². The number of fused-ring (bicyclic) bond motifs is 1. The van der Waals surface area contributed by atoms with Crippen molar-refractivity contribution in [1.29, 1.82) is 0 Å². The Hall–Kier alpha value is -3.60. The zero-order valence-electron chi connectivity index (χ0n) is 15.1. The lowest BCUT2D eigenvalue weighted by atomic mass is 10.1. The van der Waals surface area contributed by atoms with Crippen molar-refractivity contribution in [3.8, 4) is 17.1 Å². The number of aromatic nitrogens is 2. The number of carbonyl (C=O) groups is 1. The second kappa shape index (κ2) is 6.96. The number of carbonyl (C=O) groups excluding carboxylic acids is 1. The molecule has 27 heavy (non-hydrogen) atoms. The first-order chi connectivity index (χ1) is 13.1. The van der Waals surface area contributed by atoms with Crippen LogP contribution in [0.5, 0.6) is 5.75 Å². The molecule has 0 unspecified atom stereocenters. The molecule has 0 spiro atoms. The summed E-state index contributed by atoms with van der Waals surface area (Å²) < 4.78 is 5.29. The number of aryl methyl sites for hydroxylation is 1. The smallest absolute Gasteiger partial charge is 0.255 e. The topological polar surface area (TPSA) is 67.0 Å². The molecule has 0 aliphatic rings. The second-order valence-electron chi connectivity index (χ2n) is 6.32. The van der Waals surface area contributed by atoms with Crippen molar-refractivity contribution in [2.45, 2.75) is 6.92 Å². The van der Waals surface area contributed by atoms with Crippen molar-refractivity contribution in [1.82, 2.24) is 9.97 Å². The molecule has 0 saturated heterocycles. The molecule has 4 aromatic rings. The van der Waals surface area contributed by atoms with Gasteiger partial charge >= 0.3 is 0 Å². The maximum atomic E-state index is 12.5. The van der Waals surface area contributed by atoms with Gasteiger partial charge in [0.15, 0.2) is 0 Å². The first-order valence-electron chi connectivity index (χ1n) is 8.65. The van der Waals surface area contributed by atoms with Crippen LogP contribution in [-0.2, 0) is 0 Å². The SMILES string of the molecule is COc1cc(C(=O)Nc2ccc(-c3nc4ccccc4[nH]3)cc2)ccc1C. The van der Waals surface area contributed by atoms with Gasteiger partial charge in [-0.3, -0.25) is 4.79 Å². The highest BCUT2D eigenvalue weighted by molar-refractivity contribution is 6.04. The van der Waals surface area contributed by atoms with E-state index in [1.54, 1.807) is 19.2 Å². The summed E-state index contributed by atoms with van der Waals surface area (Å²) in [5.74, 6) is 1.32. The van der Waals surface area contributed by atoms with Gasteiger partial charge in [-0.2, -0.15) is 0 Å². The number of anilines is 1. The van der Waals surface area contributed by atoms with E-state index in [0.29, 0.717) is 11.3 Å². The van der Waals surface area contributed by atoms with E-state index in [9.17, 15) is 4.79 Å². The molecular weight excluding hydrogens is 338 g/mol. The Labute approximate surface area is 157 Å². The molecule has 1 heterocycles. The molecule has 0 bridgehead atoms. The lowest BCUT2D eigenvalue weighted by Gasteiger charge is -2.09. The Morgan fingerprint density at radius 1 is 1.04 bits per heavy atom. The number of hydrogen-bond donors (Lipinski definition) is 2. The summed E-state index contributed by atoms with van der Waals surface area (Å²) in [6.07, 6.45) is 0. The molecule has 1 amide bonds. The van der Waals surface area contributed by atoms with E-state index in [1.165, 1.54) is 0 Å². The number of nitrogens with zero attached hydrogens (tertiary/aromatic N) is 1. The van der Waals surface area contributed by atoms with Crippen LogP contribution < -0.4 is 10.1 Å². The normalized spacial score (nSPS) is 10.7. The Morgan fingerprint density at radius 3 is 2.56 bits per heavy atom. The van der Waals surface area contributed by atoms with E-state index in [-0.39, 0.29) is 5.91 Å². The summed E-state index contributed by atoms with van der Waals surface area (Å²) in [6.45, 7) is 1.94. The van der Waals surface area contributed by atoms with Crippen LogP contribution in [0.2, 0.25) is 0 Å². The molecule has 0 atom stereocenters. The first kappa shape index (κ1) is 16.8. The zero-order chi connectivity index (χ0) is 18.8. The molecule has 134 valence electrons. The lowest BCUT2D eigenvalue weighted by Crippen LogP contribution is -2.12. The number of nitrogens with one attached hydrogen (secondary N) is 2. The van der Waals surface area contributed by atoms with Gasteiger partial charge in [-0.1, -0.05) is 18.2 Å². The number of hydrogen-bond acceptors (Lipinski definition) is 3. The number of rotatable bonds is 4. The first-order valence-corrected chi connectivity index (χ1v) is 8.65. The number of ether oxygens (including phenoxy) is 1. The van der Waals surface area contributed by atoms with Gasteiger partial charge in [0.05, 0.1) is 18.1 Å². The van der Waals surface area contributed by atoms with E-state index in [2.05, 4.69) is 15.3 Å². The van der Waals surface area contributed by atoms with E-state index in [0.717, 1.165) is 33.7 Å². The molecule has 0 fully saturated rings. The third-order valence-electron chi connectivity index (χ3n) is 4.48. The highest BCUT2D eigenvalue weighted by Gasteiger charge is 2.10. The summed E-state index contributed by atoms with van der Waals surface area (Å²) in [7, 11) is 1.60. The molecule has 0 saturated carbocycles. The van der Waals surface area contributed by atoms with Gasteiger partial charge in [0.25, 0.3) is 5.91 Å². The molecule has 3 aromatic carbocycles. The molecular formula is C22H19N3O2. The van der Waals surface area contributed by atoms with Crippen molar-refractivity contribution < 1.29 is 9.53 Å². The largest absolute Gasteiger partial charge is 0.496 e. The Morgan fingerprint density at radius 2 is 1.81 bits per heavy atom. The molecule has 2 N–H and O–H groups in total. The predicted octanol–water partition coefficient (Wildman–Crippen LogP) is 4.80. The third kappa shape index (κ3) is 3.40. The average molecular weight is 357 g/mol. The highest BCUT2D eigenvalue weighted by atomic mass is 16.5. The van der Waals surface area contributed by atoms with Gasteiger partial charge in [-0.05, 0) is 61.0 Å². The minimum Gasteiger partial charge on any atom is -0.496 e. The summed E-state index contributed by atoms with van der Waals surface area (Å²) in [5.41, 5.74) is 5.15. The number of amides is 1. The molecule has 5 heteroatoms.